The molecule has 0 bridgehead atoms. The third-order valence-electron chi connectivity index (χ3n) is 4.71. The molecule has 140 valence electrons. The van der Waals surface area contributed by atoms with Gasteiger partial charge >= 0.3 is 0 Å². The molecule has 0 fully saturated rings. The van der Waals surface area contributed by atoms with Crippen LogP contribution in [0.5, 0.6) is 0 Å². The Morgan fingerprint density at radius 1 is 0.929 bits per heavy atom. The van der Waals surface area contributed by atoms with Gasteiger partial charge < -0.3 is 4.42 Å². The number of ketones is 1. The summed E-state index contributed by atoms with van der Waals surface area (Å²) < 4.78 is 5.68. The molecular formula is C23H21N3O2. The molecule has 0 aliphatic rings. The SMILES string of the molecule is O=C(CCCCCc1ccccc1)c1nc2ncc(-c3ccncc3)cc2o1. The predicted molar refractivity (Wildman–Crippen MR) is 108 cm³/mol. The highest BCUT2D eigenvalue weighted by Gasteiger charge is 2.15. The molecule has 4 rings (SSSR count). The van der Waals surface area contributed by atoms with Gasteiger partial charge in [-0.3, -0.25) is 9.78 Å². The van der Waals surface area contributed by atoms with Crippen molar-refractivity contribution < 1.29 is 9.21 Å². The molecule has 28 heavy (non-hydrogen) atoms. The first-order valence-corrected chi connectivity index (χ1v) is 9.54. The summed E-state index contributed by atoms with van der Waals surface area (Å²) in [6.45, 7) is 0. The van der Waals surface area contributed by atoms with Gasteiger partial charge in [0.1, 0.15) is 0 Å². The van der Waals surface area contributed by atoms with Crippen molar-refractivity contribution >= 4 is 17.0 Å². The first kappa shape index (κ1) is 18.0. The normalized spacial score (nSPS) is 11.0. The molecule has 0 spiro atoms. The van der Waals surface area contributed by atoms with Gasteiger partial charge in [0, 0.05) is 30.6 Å². The van der Waals surface area contributed by atoms with Crippen LogP contribution in [-0.4, -0.2) is 20.7 Å². The minimum absolute atomic E-state index is 0.0665. The fourth-order valence-corrected chi connectivity index (χ4v) is 3.18. The molecule has 0 atom stereocenters. The maximum atomic E-state index is 12.4. The number of pyridine rings is 2. The molecule has 3 heterocycles. The molecule has 0 aliphatic heterocycles. The van der Waals surface area contributed by atoms with Crippen LogP contribution < -0.4 is 0 Å². The Labute approximate surface area is 163 Å². The van der Waals surface area contributed by atoms with Crippen molar-refractivity contribution in [3.05, 3.63) is 78.6 Å². The number of hydrogen-bond donors (Lipinski definition) is 0. The lowest BCUT2D eigenvalue weighted by Gasteiger charge is -2.01. The van der Waals surface area contributed by atoms with Gasteiger partial charge in [0.25, 0.3) is 5.89 Å². The van der Waals surface area contributed by atoms with Gasteiger partial charge in [-0.05, 0) is 48.6 Å². The number of carbonyl (C=O) groups excluding carboxylic acids is 1. The highest BCUT2D eigenvalue weighted by Crippen LogP contribution is 2.23. The van der Waals surface area contributed by atoms with Crippen molar-refractivity contribution in [2.75, 3.05) is 0 Å². The van der Waals surface area contributed by atoms with Gasteiger partial charge in [-0.25, -0.2) is 4.98 Å². The maximum absolute atomic E-state index is 12.4. The number of aryl methyl sites for hydroxylation is 1. The van der Waals surface area contributed by atoms with E-state index < -0.39 is 0 Å². The lowest BCUT2D eigenvalue weighted by molar-refractivity contribution is 0.0947. The first-order valence-electron chi connectivity index (χ1n) is 9.54. The highest BCUT2D eigenvalue weighted by molar-refractivity contribution is 5.93. The van der Waals surface area contributed by atoms with Crippen LogP contribution in [0.4, 0.5) is 0 Å². The van der Waals surface area contributed by atoms with E-state index in [4.69, 9.17) is 4.42 Å². The Hall–Kier alpha value is -3.34. The number of unbranched alkanes of at least 4 members (excludes halogenated alkanes) is 2. The van der Waals surface area contributed by atoms with E-state index in [1.165, 1.54) is 5.56 Å². The fourth-order valence-electron chi connectivity index (χ4n) is 3.18. The number of benzene rings is 1. The fraction of sp³-hybridized carbons (Fsp3) is 0.217. The van der Waals surface area contributed by atoms with Gasteiger partial charge in [0.2, 0.25) is 5.78 Å². The van der Waals surface area contributed by atoms with Crippen LogP contribution >= 0.6 is 0 Å². The van der Waals surface area contributed by atoms with E-state index in [9.17, 15) is 4.79 Å². The van der Waals surface area contributed by atoms with E-state index in [-0.39, 0.29) is 11.7 Å². The quantitative estimate of drug-likeness (QED) is 0.312. The monoisotopic (exact) mass is 371 g/mol. The summed E-state index contributed by atoms with van der Waals surface area (Å²) in [7, 11) is 0. The molecule has 5 heteroatoms. The first-order chi connectivity index (χ1) is 13.8. The zero-order valence-corrected chi connectivity index (χ0v) is 15.5. The van der Waals surface area contributed by atoms with Crippen LogP contribution in [0.1, 0.15) is 41.9 Å². The minimum Gasteiger partial charge on any atom is -0.432 e. The summed E-state index contributed by atoms with van der Waals surface area (Å²) in [5.41, 5.74) is 4.23. The molecule has 0 aliphatic carbocycles. The van der Waals surface area contributed by atoms with E-state index in [1.54, 1.807) is 18.6 Å². The molecule has 0 saturated heterocycles. The Morgan fingerprint density at radius 2 is 1.75 bits per heavy atom. The van der Waals surface area contributed by atoms with Crippen molar-refractivity contribution in [3.63, 3.8) is 0 Å². The van der Waals surface area contributed by atoms with Crippen LogP contribution in [0, 0.1) is 0 Å². The standard InChI is InChI=1S/C23H21N3O2/c27-20(10-6-2-5-9-17-7-3-1-4-8-17)23-26-22-21(28-23)15-19(16-25-22)18-11-13-24-14-12-18/h1,3-4,7-8,11-16H,2,5-6,9-10H2. The summed E-state index contributed by atoms with van der Waals surface area (Å²) >= 11 is 0. The van der Waals surface area contributed by atoms with Crippen LogP contribution in [0.15, 0.2) is 71.5 Å². The van der Waals surface area contributed by atoms with E-state index in [0.29, 0.717) is 17.7 Å². The van der Waals surface area contributed by atoms with Crippen molar-refractivity contribution in [1.82, 2.24) is 15.0 Å². The van der Waals surface area contributed by atoms with Gasteiger partial charge in [-0.1, -0.05) is 36.8 Å². The Balaban J connectivity index is 1.34. The van der Waals surface area contributed by atoms with Gasteiger partial charge in [-0.2, -0.15) is 4.98 Å². The largest absolute Gasteiger partial charge is 0.432 e. The van der Waals surface area contributed by atoms with E-state index in [1.807, 2.05) is 24.3 Å². The molecule has 0 unspecified atom stereocenters. The Kier molecular flexibility index (Phi) is 5.52. The number of nitrogens with zero attached hydrogens (tertiary/aromatic N) is 3. The number of fused-ring (bicyclic) bond motifs is 1. The minimum atomic E-state index is -0.0665. The van der Waals surface area contributed by atoms with Crippen molar-refractivity contribution in [2.45, 2.75) is 32.1 Å². The number of rotatable bonds is 8. The smallest absolute Gasteiger partial charge is 0.265 e. The Bertz CT molecular complexity index is 1060. The molecule has 3 aromatic heterocycles. The molecule has 0 N–H and O–H groups in total. The third kappa shape index (κ3) is 4.31. The molecule has 4 aromatic rings. The molecular weight excluding hydrogens is 350 g/mol. The summed E-state index contributed by atoms with van der Waals surface area (Å²) in [5.74, 6) is 0.0839. The second kappa shape index (κ2) is 8.57. The number of hydrogen-bond acceptors (Lipinski definition) is 5. The van der Waals surface area contributed by atoms with E-state index >= 15 is 0 Å². The van der Waals surface area contributed by atoms with E-state index in [0.717, 1.165) is 36.8 Å². The summed E-state index contributed by atoms with van der Waals surface area (Å²) in [4.78, 5) is 25.0. The van der Waals surface area contributed by atoms with E-state index in [2.05, 4.69) is 39.2 Å². The van der Waals surface area contributed by atoms with Gasteiger partial charge in [0.15, 0.2) is 11.2 Å². The predicted octanol–water partition coefficient (Wildman–Crippen LogP) is 5.27. The second-order valence-corrected chi connectivity index (χ2v) is 6.77. The van der Waals surface area contributed by atoms with Crippen molar-refractivity contribution in [3.8, 4) is 11.1 Å². The maximum Gasteiger partial charge on any atom is 0.265 e. The topological polar surface area (TPSA) is 68.9 Å². The number of oxazole rings is 1. The van der Waals surface area contributed by atoms with Crippen LogP contribution in [0.3, 0.4) is 0 Å². The van der Waals surface area contributed by atoms with Crippen molar-refractivity contribution in [2.24, 2.45) is 0 Å². The molecule has 1 aromatic carbocycles. The van der Waals surface area contributed by atoms with Crippen LogP contribution in [-0.2, 0) is 6.42 Å². The molecule has 0 radical (unpaired) electrons. The lowest BCUT2D eigenvalue weighted by atomic mass is 10.1. The van der Waals surface area contributed by atoms with Crippen LogP contribution in [0.25, 0.3) is 22.4 Å². The summed E-state index contributed by atoms with van der Waals surface area (Å²) in [6.07, 6.45) is 9.59. The zero-order chi connectivity index (χ0) is 19.2. The molecule has 0 saturated carbocycles. The molecule has 5 nitrogen and oxygen atoms in total. The third-order valence-corrected chi connectivity index (χ3v) is 4.71. The number of Topliss-reactive ketones (excluding diaryl/α,β-unsaturated/α-hetero) is 1. The lowest BCUT2D eigenvalue weighted by Crippen LogP contribution is -1.99. The Morgan fingerprint density at radius 3 is 2.57 bits per heavy atom. The highest BCUT2D eigenvalue weighted by atomic mass is 16.4. The average molecular weight is 371 g/mol. The summed E-state index contributed by atoms with van der Waals surface area (Å²) in [5, 5.41) is 0. The number of aromatic nitrogens is 3. The van der Waals surface area contributed by atoms with Gasteiger partial charge in [0.05, 0.1) is 0 Å². The second-order valence-electron chi connectivity index (χ2n) is 6.77. The van der Waals surface area contributed by atoms with Crippen molar-refractivity contribution in [1.29, 1.82) is 0 Å². The zero-order valence-electron chi connectivity index (χ0n) is 15.5. The number of carbonyl (C=O) groups is 1. The molecule has 0 amide bonds. The van der Waals surface area contributed by atoms with Crippen LogP contribution in [0.2, 0.25) is 0 Å². The van der Waals surface area contributed by atoms with Gasteiger partial charge in [-0.15, -0.1) is 0 Å². The summed E-state index contributed by atoms with van der Waals surface area (Å²) in [6, 6.07) is 16.1. The average Bonchev–Trinajstić information content (AvgIpc) is 3.18.